The molecule has 1 unspecified atom stereocenters. The first-order chi connectivity index (χ1) is 12.1. The molecule has 1 aromatic carbocycles. The summed E-state index contributed by atoms with van der Waals surface area (Å²) in [5.41, 5.74) is 8.54. The van der Waals surface area contributed by atoms with E-state index in [4.69, 9.17) is 5.53 Å². The maximum absolute atomic E-state index is 12.7. The van der Waals surface area contributed by atoms with Gasteiger partial charge in [0.15, 0.2) is 0 Å². The van der Waals surface area contributed by atoms with Crippen molar-refractivity contribution in [3.63, 3.8) is 0 Å². The summed E-state index contributed by atoms with van der Waals surface area (Å²) in [6.07, 6.45) is -5.45. The van der Waals surface area contributed by atoms with E-state index < -0.39 is 17.8 Å². The van der Waals surface area contributed by atoms with Crippen LogP contribution >= 0.6 is 0 Å². The lowest BCUT2D eigenvalue weighted by molar-refractivity contribution is -0.137. The normalized spacial score (nSPS) is 22.6. The predicted molar refractivity (Wildman–Crippen MR) is 88.6 cm³/mol. The first-order valence-corrected chi connectivity index (χ1v) is 8.08. The highest BCUT2D eigenvalue weighted by Gasteiger charge is 2.36. The fourth-order valence-corrected chi connectivity index (χ4v) is 3.24. The van der Waals surface area contributed by atoms with Gasteiger partial charge in [-0.15, -0.1) is 0 Å². The first-order valence-electron chi connectivity index (χ1n) is 8.08. The molecular formula is C16H20F3N5O2. The van der Waals surface area contributed by atoms with E-state index >= 15 is 0 Å². The molecule has 1 aliphatic rings. The summed E-state index contributed by atoms with van der Waals surface area (Å²) >= 11 is 0. The Hall–Kier alpha value is -2.45. The second-order valence-electron chi connectivity index (χ2n) is 6.34. The van der Waals surface area contributed by atoms with Crippen LogP contribution in [0.4, 0.5) is 18.0 Å². The lowest BCUT2D eigenvalue weighted by atomic mass is 9.99. The summed E-state index contributed by atoms with van der Waals surface area (Å²) < 4.78 is 38.2. The van der Waals surface area contributed by atoms with Gasteiger partial charge in [0.05, 0.1) is 5.56 Å². The highest BCUT2D eigenvalue weighted by Crippen LogP contribution is 2.32. The zero-order valence-corrected chi connectivity index (χ0v) is 14.4. The number of benzene rings is 1. The van der Waals surface area contributed by atoms with Crippen LogP contribution in [0.15, 0.2) is 29.4 Å². The van der Waals surface area contributed by atoms with Crippen molar-refractivity contribution >= 4 is 6.09 Å². The molecule has 0 spiro atoms. The molecular weight excluding hydrogens is 351 g/mol. The van der Waals surface area contributed by atoms with Crippen molar-refractivity contribution in [2.24, 2.45) is 5.11 Å². The summed E-state index contributed by atoms with van der Waals surface area (Å²) in [6, 6.07) is 4.02. The molecule has 0 aromatic heterocycles. The standard InChI is InChI=1S/C16H20F3N5O2/c1-10-8-24(14(7-21-22-20)9-23(10)15(25)26)11(2)12-3-5-13(6-4-12)16(17,18)19/h3-6,10-11,14H,7-9H2,1-2H3,(H,25,26)/t10-,11?,14+/m0/s1. The highest BCUT2D eigenvalue weighted by atomic mass is 19.4. The highest BCUT2D eigenvalue weighted by molar-refractivity contribution is 5.65. The Morgan fingerprint density at radius 2 is 2.00 bits per heavy atom. The van der Waals surface area contributed by atoms with Gasteiger partial charge < -0.3 is 10.0 Å². The number of nitrogens with zero attached hydrogens (tertiary/aromatic N) is 5. The summed E-state index contributed by atoms with van der Waals surface area (Å²) in [5.74, 6) is 0. The smallest absolute Gasteiger partial charge is 0.416 e. The monoisotopic (exact) mass is 371 g/mol. The van der Waals surface area contributed by atoms with E-state index in [0.29, 0.717) is 12.1 Å². The SMILES string of the molecule is CC(c1ccc(C(F)(F)F)cc1)N1C[C@H](C)N(C(=O)O)C[C@H]1CN=[N+]=[N-]. The summed E-state index contributed by atoms with van der Waals surface area (Å²) in [6.45, 7) is 4.25. The molecule has 1 amide bonds. The second-order valence-corrected chi connectivity index (χ2v) is 6.34. The van der Waals surface area contributed by atoms with E-state index in [9.17, 15) is 23.1 Å². The molecule has 1 fully saturated rings. The molecule has 0 bridgehead atoms. The molecule has 1 saturated heterocycles. The van der Waals surface area contributed by atoms with Gasteiger partial charge in [0.25, 0.3) is 0 Å². The van der Waals surface area contributed by atoms with Gasteiger partial charge in [-0.3, -0.25) is 4.90 Å². The van der Waals surface area contributed by atoms with Crippen molar-refractivity contribution < 1.29 is 23.1 Å². The maximum Gasteiger partial charge on any atom is 0.416 e. The number of rotatable bonds is 4. The topological polar surface area (TPSA) is 92.5 Å². The third-order valence-corrected chi connectivity index (χ3v) is 4.70. The molecule has 1 heterocycles. The third-order valence-electron chi connectivity index (χ3n) is 4.70. The number of carboxylic acid groups (broad SMARTS) is 1. The fourth-order valence-electron chi connectivity index (χ4n) is 3.24. The molecule has 1 N–H and O–H groups in total. The van der Waals surface area contributed by atoms with Crippen molar-refractivity contribution in [3.8, 4) is 0 Å². The minimum absolute atomic E-state index is 0.0813. The molecule has 10 heteroatoms. The van der Waals surface area contributed by atoms with Crippen molar-refractivity contribution in [2.75, 3.05) is 19.6 Å². The average molecular weight is 371 g/mol. The zero-order valence-electron chi connectivity index (χ0n) is 14.4. The van der Waals surface area contributed by atoms with Crippen LogP contribution in [0.5, 0.6) is 0 Å². The fraction of sp³-hybridized carbons (Fsp3) is 0.562. The number of hydrogen-bond acceptors (Lipinski definition) is 3. The lowest BCUT2D eigenvalue weighted by Gasteiger charge is -2.46. The number of alkyl halides is 3. The second kappa shape index (κ2) is 7.84. The van der Waals surface area contributed by atoms with Crippen LogP contribution < -0.4 is 0 Å². The van der Waals surface area contributed by atoms with Gasteiger partial charge in [-0.05, 0) is 37.1 Å². The molecule has 0 saturated carbocycles. The summed E-state index contributed by atoms with van der Waals surface area (Å²) in [4.78, 5) is 17.3. The Labute approximate surface area is 148 Å². The van der Waals surface area contributed by atoms with Crippen LogP contribution in [0, 0.1) is 0 Å². The minimum atomic E-state index is -4.40. The average Bonchev–Trinajstić information content (AvgIpc) is 2.58. The molecule has 3 atom stereocenters. The lowest BCUT2D eigenvalue weighted by Crippen LogP contribution is -2.60. The number of halogens is 3. The van der Waals surface area contributed by atoms with E-state index in [1.807, 2.05) is 11.8 Å². The van der Waals surface area contributed by atoms with Gasteiger partial charge in [0.2, 0.25) is 0 Å². The minimum Gasteiger partial charge on any atom is -0.465 e. The Balaban J connectivity index is 2.24. The molecule has 2 rings (SSSR count). The van der Waals surface area contributed by atoms with Crippen molar-refractivity contribution in [3.05, 3.63) is 45.8 Å². The van der Waals surface area contributed by atoms with Crippen LogP contribution in [0.3, 0.4) is 0 Å². The van der Waals surface area contributed by atoms with Crippen LogP contribution in [-0.2, 0) is 6.18 Å². The Bertz CT molecular complexity index is 688. The maximum atomic E-state index is 12.7. The van der Waals surface area contributed by atoms with Crippen molar-refractivity contribution in [1.82, 2.24) is 9.80 Å². The van der Waals surface area contributed by atoms with Gasteiger partial charge in [-0.1, -0.05) is 17.2 Å². The van der Waals surface area contributed by atoms with Crippen LogP contribution in [-0.4, -0.2) is 52.7 Å². The largest absolute Gasteiger partial charge is 0.465 e. The Morgan fingerprint density at radius 1 is 1.38 bits per heavy atom. The van der Waals surface area contributed by atoms with E-state index in [2.05, 4.69) is 10.0 Å². The van der Waals surface area contributed by atoms with Gasteiger partial charge >= 0.3 is 12.3 Å². The van der Waals surface area contributed by atoms with Crippen LogP contribution in [0.25, 0.3) is 10.4 Å². The number of azide groups is 1. The molecule has 7 nitrogen and oxygen atoms in total. The van der Waals surface area contributed by atoms with Gasteiger partial charge in [0, 0.05) is 42.7 Å². The molecule has 142 valence electrons. The summed E-state index contributed by atoms with van der Waals surface area (Å²) in [7, 11) is 0. The molecule has 1 aromatic rings. The van der Waals surface area contributed by atoms with Crippen LogP contribution in [0.1, 0.15) is 31.0 Å². The number of hydrogen-bond donors (Lipinski definition) is 1. The van der Waals surface area contributed by atoms with Crippen molar-refractivity contribution in [1.29, 1.82) is 0 Å². The van der Waals surface area contributed by atoms with E-state index in [0.717, 1.165) is 12.1 Å². The quantitative estimate of drug-likeness (QED) is 0.490. The van der Waals surface area contributed by atoms with Gasteiger partial charge in [0.1, 0.15) is 0 Å². The third kappa shape index (κ3) is 4.39. The van der Waals surface area contributed by atoms with Gasteiger partial charge in [-0.25, -0.2) is 4.79 Å². The first kappa shape index (κ1) is 19.9. The molecule has 0 aliphatic carbocycles. The number of amides is 1. The summed E-state index contributed by atoms with van der Waals surface area (Å²) in [5, 5.41) is 12.9. The van der Waals surface area contributed by atoms with Crippen LogP contribution in [0.2, 0.25) is 0 Å². The van der Waals surface area contributed by atoms with E-state index in [1.165, 1.54) is 17.0 Å². The Morgan fingerprint density at radius 3 is 2.50 bits per heavy atom. The number of piperazine rings is 1. The number of carbonyl (C=O) groups is 1. The van der Waals surface area contributed by atoms with E-state index in [1.54, 1.807) is 6.92 Å². The Kier molecular flexibility index (Phi) is 5.99. The molecule has 1 aliphatic heterocycles. The van der Waals surface area contributed by atoms with Gasteiger partial charge in [-0.2, -0.15) is 13.2 Å². The van der Waals surface area contributed by atoms with E-state index in [-0.39, 0.29) is 31.2 Å². The zero-order chi connectivity index (χ0) is 19.5. The van der Waals surface area contributed by atoms with Crippen molar-refractivity contribution in [2.45, 2.75) is 38.1 Å². The predicted octanol–water partition coefficient (Wildman–Crippen LogP) is 4.13. The molecule has 0 radical (unpaired) electrons. The molecule has 26 heavy (non-hydrogen) atoms.